The molecule has 0 bridgehead atoms. The number of ether oxygens (including phenoxy) is 1. The van der Waals surface area contributed by atoms with E-state index in [1.54, 1.807) is 55.6 Å². The van der Waals surface area contributed by atoms with E-state index in [0.717, 1.165) is 5.56 Å². The first-order valence-electron chi connectivity index (χ1n) is 10.4. The van der Waals surface area contributed by atoms with Crippen LogP contribution in [0.5, 0.6) is 5.75 Å². The monoisotopic (exact) mass is 441 g/mol. The minimum absolute atomic E-state index is 0.184. The van der Waals surface area contributed by atoms with Crippen LogP contribution in [-0.2, 0) is 11.2 Å². The van der Waals surface area contributed by atoms with Crippen LogP contribution in [0, 0.1) is 0 Å². The number of carbonyl (C=O) groups is 2. The largest absolute Gasteiger partial charge is 0.497 e. The van der Waals surface area contributed by atoms with Crippen molar-refractivity contribution in [2.24, 2.45) is 5.16 Å². The minimum Gasteiger partial charge on any atom is -0.497 e. The number of oxime groups is 1. The Morgan fingerprint density at radius 1 is 1.00 bits per heavy atom. The lowest BCUT2D eigenvalue weighted by atomic mass is 9.91. The van der Waals surface area contributed by atoms with E-state index in [1.165, 1.54) is 6.08 Å². The van der Waals surface area contributed by atoms with E-state index in [4.69, 9.17) is 4.74 Å². The van der Waals surface area contributed by atoms with Crippen molar-refractivity contribution in [2.75, 3.05) is 12.4 Å². The van der Waals surface area contributed by atoms with Gasteiger partial charge in [0.2, 0.25) is 11.7 Å². The molecule has 1 atom stereocenters. The number of rotatable bonds is 7. The van der Waals surface area contributed by atoms with Crippen LogP contribution in [0.4, 0.5) is 5.69 Å². The van der Waals surface area contributed by atoms with Gasteiger partial charge in [0.05, 0.1) is 12.8 Å². The number of benzene rings is 3. The lowest BCUT2D eigenvalue weighted by Crippen LogP contribution is -2.44. The number of hydrogen-bond donors (Lipinski definition) is 3. The number of methoxy groups -OCH3 is 1. The molecule has 0 heterocycles. The summed E-state index contributed by atoms with van der Waals surface area (Å²) in [5.74, 6) is 0.0262. The SMILES string of the molecule is COc1cccc(NC(=O)[C@@H](Cc2ccccc2)NC2=C/C(=N/O)c3ccccc3C2=O)c1. The molecule has 1 aliphatic carbocycles. The first-order chi connectivity index (χ1) is 16.1. The third-order valence-electron chi connectivity index (χ3n) is 5.35. The van der Waals surface area contributed by atoms with Crippen LogP contribution in [0.1, 0.15) is 21.5 Å². The van der Waals surface area contributed by atoms with Gasteiger partial charge >= 0.3 is 0 Å². The van der Waals surface area contributed by atoms with E-state index in [0.29, 0.717) is 29.0 Å². The zero-order valence-electron chi connectivity index (χ0n) is 18.0. The van der Waals surface area contributed by atoms with Gasteiger partial charge in [0.1, 0.15) is 17.5 Å². The Kier molecular flexibility index (Phi) is 6.50. The Morgan fingerprint density at radius 3 is 2.45 bits per heavy atom. The predicted molar refractivity (Wildman–Crippen MR) is 126 cm³/mol. The van der Waals surface area contributed by atoms with E-state index in [1.807, 2.05) is 30.3 Å². The molecule has 0 fully saturated rings. The standard InChI is InChI=1S/C26H23N3O4/c1-33-19-11-7-10-18(15-19)27-26(31)24(14-17-8-3-2-4-9-17)28-23-16-22(29-32)20-12-5-6-13-21(20)25(23)30/h2-13,15-16,24,28,32H,14H2,1H3,(H,27,31)/b29-22-/t24-/m1/s1. The molecule has 166 valence electrons. The lowest BCUT2D eigenvalue weighted by molar-refractivity contribution is -0.117. The second-order valence-electron chi connectivity index (χ2n) is 7.53. The first kappa shape index (κ1) is 21.8. The van der Waals surface area contributed by atoms with Crippen molar-refractivity contribution in [3.8, 4) is 5.75 Å². The van der Waals surface area contributed by atoms with Crippen LogP contribution in [-0.4, -0.2) is 35.8 Å². The van der Waals surface area contributed by atoms with Gasteiger partial charge in [-0.15, -0.1) is 0 Å². The van der Waals surface area contributed by atoms with Crippen molar-refractivity contribution in [1.82, 2.24) is 5.32 Å². The number of anilines is 1. The van der Waals surface area contributed by atoms with Gasteiger partial charge in [-0.3, -0.25) is 9.59 Å². The highest BCUT2D eigenvalue weighted by Crippen LogP contribution is 2.22. The molecule has 1 aliphatic rings. The quantitative estimate of drug-likeness (QED) is 0.383. The lowest BCUT2D eigenvalue weighted by Gasteiger charge is -2.24. The molecule has 7 nitrogen and oxygen atoms in total. The summed E-state index contributed by atoms with van der Waals surface area (Å²) in [4.78, 5) is 26.4. The van der Waals surface area contributed by atoms with Crippen LogP contribution in [0.15, 0.2) is 95.8 Å². The summed E-state index contributed by atoms with van der Waals surface area (Å²) in [7, 11) is 1.56. The van der Waals surface area contributed by atoms with Gasteiger partial charge in [-0.1, -0.05) is 65.8 Å². The van der Waals surface area contributed by atoms with Crippen LogP contribution in [0.25, 0.3) is 0 Å². The van der Waals surface area contributed by atoms with E-state index >= 15 is 0 Å². The van der Waals surface area contributed by atoms with Crippen LogP contribution in [0.2, 0.25) is 0 Å². The summed E-state index contributed by atoms with van der Waals surface area (Å²) >= 11 is 0. The number of amides is 1. The molecule has 0 aromatic heterocycles. The summed E-state index contributed by atoms with van der Waals surface area (Å²) in [6.07, 6.45) is 1.80. The van der Waals surface area contributed by atoms with Gasteiger partial charge in [-0.05, 0) is 23.8 Å². The molecule has 3 aromatic carbocycles. The summed E-state index contributed by atoms with van der Waals surface area (Å²) in [6, 6.07) is 22.7. The number of ketones is 1. The normalized spacial score (nSPS) is 14.8. The second-order valence-corrected chi connectivity index (χ2v) is 7.53. The number of carbonyl (C=O) groups excluding carboxylic acids is 2. The maximum atomic E-state index is 13.3. The van der Waals surface area contributed by atoms with Gasteiger partial charge in [0, 0.05) is 29.3 Å². The summed E-state index contributed by atoms with van der Waals surface area (Å²) < 4.78 is 5.23. The molecule has 0 radical (unpaired) electrons. The van der Waals surface area contributed by atoms with Gasteiger partial charge in [0.15, 0.2) is 0 Å². The Labute approximate surface area is 191 Å². The molecule has 1 amide bonds. The number of allylic oxidation sites excluding steroid dienone is 2. The van der Waals surface area contributed by atoms with E-state index in [2.05, 4.69) is 15.8 Å². The first-order valence-corrected chi connectivity index (χ1v) is 10.4. The highest BCUT2D eigenvalue weighted by atomic mass is 16.5. The molecule has 3 aromatic rings. The summed E-state index contributed by atoms with van der Waals surface area (Å²) in [5.41, 5.74) is 2.88. The van der Waals surface area contributed by atoms with Crippen molar-refractivity contribution >= 4 is 23.1 Å². The second kappa shape index (κ2) is 9.82. The number of fused-ring (bicyclic) bond motifs is 1. The molecule has 0 unspecified atom stereocenters. The summed E-state index contributed by atoms with van der Waals surface area (Å²) in [6.45, 7) is 0. The number of nitrogens with zero attached hydrogens (tertiary/aromatic N) is 1. The average Bonchev–Trinajstić information content (AvgIpc) is 2.86. The van der Waals surface area contributed by atoms with E-state index in [9.17, 15) is 14.8 Å². The maximum Gasteiger partial charge on any atom is 0.247 e. The smallest absolute Gasteiger partial charge is 0.247 e. The minimum atomic E-state index is -0.765. The molecule has 0 saturated heterocycles. The number of hydrogen-bond acceptors (Lipinski definition) is 6. The Bertz CT molecular complexity index is 1240. The Balaban J connectivity index is 1.63. The maximum absolute atomic E-state index is 13.3. The zero-order valence-corrected chi connectivity index (χ0v) is 18.0. The fraction of sp³-hybridized carbons (Fsp3) is 0.115. The van der Waals surface area contributed by atoms with Crippen molar-refractivity contribution in [2.45, 2.75) is 12.5 Å². The van der Waals surface area contributed by atoms with Gasteiger partial charge in [-0.2, -0.15) is 0 Å². The van der Waals surface area contributed by atoms with Crippen molar-refractivity contribution in [1.29, 1.82) is 0 Å². The molecule has 0 aliphatic heterocycles. The molecule has 4 rings (SSSR count). The topological polar surface area (TPSA) is 100 Å². The molecule has 0 spiro atoms. The van der Waals surface area contributed by atoms with Crippen molar-refractivity contribution < 1.29 is 19.5 Å². The van der Waals surface area contributed by atoms with Gasteiger partial charge in [0.25, 0.3) is 0 Å². The molecule has 0 saturated carbocycles. The third-order valence-corrected chi connectivity index (χ3v) is 5.35. The number of Topliss-reactive ketones (excluding diaryl/α,β-unsaturated/α-hetero) is 1. The fourth-order valence-corrected chi connectivity index (χ4v) is 3.70. The van der Waals surface area contributed by atoms with Crippen molar-refractivity contribution in [3.05, 3.63) is 107 Å². The average molecular weight is 441 g/mol. The highest BCUT2D eigenvalue weighted by molar-refractivity contribution is 6.26. The van der Waals surface area contributed by atoms with Crippen molar-refractivity contribution in [3.63, 3.8) is 0 Å². The van der Waals surface area contributed by atoms with Crippen LogP contribution >= 0.6 is 0 Å². The molecule has 3 N–H and O–H groups in total. The van der Waals surface area contributed by atoms with Crippen LogP contribution < -0.4 is 15.4 Å². The van der Waals surface area contributed by atoms with E-state index < -0.39 is 6.04 Å². The summed E-state index contributed by atoms with van der Waals surface area (Å²) in [5, 5.41) is 18.8. The van der Waals surface area contributed by atoms with Gasteiger partial charge < -0.3 is 20.6 Å². The number of nitrogens with one attached hydrogen (secondary N) is 2. The molecule has 33 heavy (non-hydrogen) atoms. The Hall–Kier alpha value is -4.39. The third kappa shape index (κ3) is 4.93. The highest BCUT2D eigenvalue weighted by Gasteiger charge is 2.28. The zero-order chi connectivity index (χ0) is 23.2. The van der Waals surface area contributed by atoms with E-state index in [-0.39, 0.29) is 23.1 Å². The fourth-order valence-electron chi connectivity index (χ4n) is 3.70. The molecule has 7 heteroatoms. The molecular formula is C26H23N3O4. The Morgan fingerprint density at radius 2 is 1.73 bits per heavy atom. The predicted octanol–water partition coefficient (Wildman–Crippen LogP) is 3.79. The molecular weight excluding hydrogens is 418 g/mol. The van der Waals surface area contributed by atoms with Crippen LogP contribution in [0.3, 0.4) is 0 Å². The van der Waals surface area contributed by atoms with Gasteiger partial charge in [-0.25, -0.2) is 0 Å².